The predicted molar refractivity (Wildman–Crippen MR) is 70.9 cm³/mol. The van der Waals surface area contributed by atoms with Gasteiger partial charge < -0.3 is 4.74 Å². The molecule has 0 aliphatic heterocycles. The number of aryl methyl sites for hydroxylation is 1. The van der Waals surface area contributed by atoms with E-state index in [4.69, 9.17) is 4.74 Å². The maximum Gasteiger partial charge on any atom is 0.144 e. The van der Waals surface area contributed by atoms with E-state index in [9.17, 15) is 0 Å². The van der Waals surface area contributed by atoms with Gasteiger partial charge in [0.2, 0.25) is 0 Å². The number of rotatable bonds is 3. The molecule has 17 heavy (non-hydrogen) atoms. The molecule has 0 amide bonds. The van der Waals surface area contributed by atoms with E-state index in [1.807, 2.05) is 49.4 Å². The fourth-order valence-corrected chi connectivity index (χ4v) is 1.60. The highest BCUT2D eigenvalue weighted by Crippen LogP contribution is 2.18. The highest BCUT2D eigenvalue weighted by Gasteiger charge is 2.00. The molecule has 1 aromatic heterocycles. The first-order chi connectivity index (χ1) is 8.29. The summed E-state index contributed by atoms with van der Waals surface area (Å²) in [6, 6.07) is 14.0. The molecule has 0 unspecified atom stereocenters. The van der Waals surface area contributed by atoms with Crippen LogP contribution >= 0.6 is 0 Å². The van der Waals surface area contributed by atoms with E-state index in [0.717, 1.165) is 22.7 Å². The second-order valence-electron chi connectivity index (χ2n) is 3.78. The Kier molecular flexibility index (Phi) is 3.55. The van der Waals surface area contributed by atoms with Gasteiger partial charge >= 0.3 is 0 Å². The van der Waals surface area contributed by atoms with E-state index >= 15 is 0 Å². The Bertz CT molecular complexity index is 518. The SMILES string of the molecule is COc1ccc(C)nc1/C=C/c1ccccc1. The molecule has 2 heteroatoms. The van der Waals surface area contributed by atoms with Crippen molar-refractivity contribution in [3.8, 4) is 5.75 Å². The van der Waals surface area contributed by atoms with Gasteiger partial charge in [0.15, 0.2) is 0 Å². The summed E-state index contributed by atoms with van der Waals surface area (Å²) in [7, 11) is 1.66. The van der Waals surface area contributed by atoms with Crippen LogP contribution in [0.5, 0.6) is 5.75 Å². The zero-order chi connectivity index (χ0) is 12.1. The second-order valence-corrected chi connectivity index (χ2v) is 3.78. The molecule has 1 aromatic carbocycles. The maximum absolute atomic E-state index is 5.27. The Labute approximate surface area is 102 Å². The van der Waals surface area contributed by atoms with Gasteiger partial charge in [-0.05, 0) is 30.7 Å². The molecule has 1 heterocycles. The van der Waals surface area contributed by atoms with E-state index < -0.39 is 0 Å². The van der Waals surface area contributed by atoms with Crippen LogP contribution in [0.25, 0.3) is 12.2 Å². The summed E-state index contributed by atoms with van der Waals surface area (Å²) < 4.78 is 5.27. The highest BCUT2D eigenvalue weighted by atomic mass is 16.5. The van der Waals surface area contributed by atoms with Crippen LogP contribution in [-0.2, 0) is 0 Å². The van der Waals surface area contributed by atoms with Gasteiger partial charge in [-0.3, -0.25) is 0 Å². The molecule has 0 saturated heterocycles. The molecular weight excluding hydrogens is 210 g/mol. The molecule has 0 fully saturated rings. The quantitative estimate of drug-likeness (QED) is 0.796. The van der Waals surface area contributed by atoms with Crippen molar-refractivity contribution in [2.45, 2.75) is 6.92 Å². The van der Waals surface area contributed by atoms with Gasteiger partial charge in [0.1, 0.15) is 11.4 Å². The number of aromatic nitrogens is 1. The molecule has 0 radical (unpaired) electrons. The number of hydrogen-bond acceptors (Lipinski definition) is 2. The number of methoxy groups -OCH3 is 1. The lowest BCUT2D eigenvalue weighted by atomic mass is 10.2. The third kappa shape index (κ3) is 2.94. The standard InChI is InChI=1S/C15H15NO/c1-12-8-11-15(17-2)14(16-12)10-9-13-6-4-3-5-7-13/h3-11H,1-2H3/b10-9+. The van der Waals surface area contributed by atoms with Crippen molar-refractivity contribution in [1.29, 1.82) is 0 Å². The van der Waals surface area contributed by atoms with E-state index in [1.54, 1.807) is 7.11 Å². The van der Waals surface area contributed by atoms with Crippen LogP contribution in [0.2, 0.25) is 0 Å². The van der Waals surface area contributed by atoms with Gasteiger partial charge in [0, 0.05) is 5.69 Å². The van der Waals surface area contributed by atoms with Gasteiger partial charge in [-0.25, -0.2) is 4.98 Å². The van der Waals surface area contributed by atoms with Gasteiger partial charge in [-0.2, -0.15) is 0 Å². The average molecular weight is 225 g/mol. The zero-order valence-corrected chi connectivity index (χ0v) is 10.1. The van der Waals surface area contributed by atoms with E-state index in [-0.39, 0.29) is 0 Å². The maximum atomic E-state index is 5.27. The van der Waals surface area contributed by atoms with Crippen LogP contribution < -0.4 is 4.74 Å². The summed E-state index contributed by atoms with van der Waals surface area (Å²) in [5.74, 6) is 0.794. The van der Waals surface area contributed by atoms with Gasteiger partial charge in [-0.15, -0.1) is 0 Å². The van der Waals surface area contributed by atoms with Gasteiger partial charge in [0.05, 0.1) is 7.11 Å². The van der Waals surface area contributed by atoms with Crippen LogP contribution in [0, 0.1) is 6.92 Å². The lowest BCUT2D eigenvalue weighted by molar-refractivity contribution is 0.411. The minimum absolute atomic E-state index is 0.794. The van der Waals surface area contributed by atoms with Crippen LogP contribution in [0.3, 0.4) is 0 Å². The van der Waals surface area contributed by atoms with E-state index in [1.165, 1.54) is 0 Å². The first-order valence-corrected chi connectivity index (χ1v) is 5.54. The number of nitrogens with zero attached hydrogens (tertiary/aromatic N) is 1. The topological polar surface area (TPSA) is 22.1 Å². The van der Waals surface area contributed by atoms with Crippen LogP contribution in [0.15, 0.2) is 42.5 Å². The number of benzene rings is 1. The molecule has 0 saturated carbocycles. The Morgan fingerprint density at radius 2 is 1.76 bits per heavy atom. The number of hydrogen-bond donors (Lipinski definition) is 0. The minimum atomic E-state index is 0.794. The second kappa shape index (κ2) is 5.30. The largest absolute Gasteiger partial charge is 0.494 e. The molecule has 2 nitrogen and oxygen atoms in total. The van der Waals surface area contributed by atoms with Crippen molar-refractivity contribution in [3.05, 3.63) is 59.4 Å². The molecule has 0 bridgehead atoms. The summed E-state index contributed by atoms with van der Waals surface area (Å²) in [5.41, 5.74) is 2.99. The summed E-state index contributed by atoms with van der Waals surface area (Å²) >= 11 is 0. The summed E-state index contributed by atoms with van der Waals surface area (Å²) in [4.78, 5) is 4.45. The smallest absolute Gasteiger partial charge is 0.144 e. The molecule has 2 rings (SSSR count). The Hall–Kier alpha value is -2.09. The summed E-state index contributed by atoms with van der Waals surface area (Å²) in [6.07, 6.45) is 4.01. The van der Waals surface area contributed by atoms with Crippen LogP contribution in [-0.4, -0.2) is 12.1 Å². The highest BCUT2D eigenvalue weighted by molar-refractivity contribution is 5.70. The van der Waals surface area contributed by atoms with Crippen molar-refractivity contribution >= 4 is 12.2 Å². The fourth-order valence-electron chi connectivity index (χ4n) is 1.60. The molecule has 0 aliphatic carbocycles. The van der Waals surface area contributed by atoms with Crippen molar-refractivity contribution in [1.82, 2.24) is 4.98 Å². The molecule has 0 N–H and O–H groups in total. The first-order valence-electron chi connectivity index (χ1n) is 5.54. The monoisotopic (exact) mass is 225 g/mol. The molecule has 0 spiro atoms. The molecule has 2 aromatic rings. The molecule has 0 atom stereocenters. The molecule has 0 aliphatic rings. The third-order valence-electron chi connectivity index (χ3n) is 2.48. The Balaban J connectivity index is 2.29. The van der Waals surface area contributed by atoms with Gasteiger partial charge in [-0.1, -0.05) is 36.4 Å². The lowest BCUT2D eigenvalue weighted by Gasteiger charge is -2.04. The Morgan fingerprint density at radius 1 is 1.00 bits per heavy atom. The lowest BCUT2D eigenvalue weighted by Crippen LogP contribution is -1.91. The number of pyridine rings is 1. The fraction of sp³-hybridized carbons (Fsp3) is 0.133. The molecule has 86 valence electrons. The average Bonchev–Trinajstić information content (AvgIpc) is 2.38. The summed E-state index contributed by atoms with van der Waals surface area (Å²) in [6.45, 7) is 1.97. The number of ether oxygens (including phenoxy) is 1. The van der Waals surface area contributed by atoms with Crippen molar-refractivity contribution in [2.24, 2.45) is 0 Å². The van der Waals surface area contributed by atoms with Gasteiger partial charge in [0.25, 0.3) is 0 Å². The minimum Gasteiger partial charge on any atom is -0.494 e. The molecular formula is C15H15NO. The Morgan fingerprint density at radius 3 is 2.47 bits per heavy atom. The van der Waals surface area contributed by atoms with E-state index in [2.05, 4.69) is 17.1 Å². The van der Waals surface area contributed by atoms with Crippen molar-refractivity contribution in [3.63, 3.8) is 0 Å². The first kappa shape index (κ1) is 11.4. The van der Waals surface area contributed by atoms with Crippen molar-refractivity contribution in [2.75, 3.05) is 7.11 Å². The predicted octanol–water partition coefficient (Wildman–Crippen LogP) is 3.57. The van der Waals surface area contributed by atoms with Crippen molar-refractivity contribution < 1.29 is 4.74 Å². The normalized spacial score (nSPS) is 10.7. The van der Waals surface area contributed by atoms with E-state index in [0.29, 0.717) is 0 Å². The summed E-state index contributed by atoms with van der Waals surface area (Å²) in [5, 5.41) is 0. The van der Waals surface area contributed by atoms with Crippen LogP contribution in [0.1, 0.15) is 17.0 Å². The van der Waals surface area contributed by atoms with Crippen LogP contribution in [0.4, 0.5) is 0 Å². The zero-order valence-electron chi connectivity index (χ0n) is 10.1. The third-order valence-corrected chi connectivity index (χ3v) is 2.48.